The molecule has 2 aromatic heterocycles. The second-order valence-corrected chi connectivity index (χ2v) is 15.5. The fourth-order valence-electron chi connectivity index (χ4n) is 7.40. The van der Waals surface area contributed by atoms with Crippen molar-refractivity contribution in [3.05, 3.63) is 176 Å². The normalized spacial score (nSPS) is 12.0. The van der Waals surface area contributed by atoms with Crippen LogP contribution in [-0.4, -0.2) is 12.6 Å². The van der Waals surface area contributed by atoms with Gasteiger partial charge in [-0.2, -0.15) is 0 Å². The van der Waals surface area contributed by atoms with Crippen LogP contribution in [0.25, 0.3) is 49.4 Å². The van der Waals surface area contributed by atoms with E-state index in [0.29, 0.717) is 0 Å². The number of hydrogen-bond acceptors (Lipinski definition) is 1. The Balaban J connectivity index is 1.36. The highest BCUT2D eigenvalue weighted by Crippen LogP contribution is 2.35. The average Bonchev–Trinajstić information content (AvgIpc) is 3.65. The summed E-state index contributed by atoms with van der Waals surface area (Å²) in [5.41, 5.74) is 5.35. The lowest BCUT2D eigenvalue weighted by Gasteiger charge is -2.34. The lowest BCUT2D eigenvalue weighted by atomic mass is 10.1. The van der Waals surface area contributed by atoms with E-state index in [1.165, 1.54) is 42.6 Å². The van der Waals surface area contributed by atoms with Crippen molar-refractivity contribution in [2.75, 3.05) is 0 Å². The van der Waals surface area contributed by atoms with Gasteiger partial charge in [-0.15, -0.1) is 0 Å². The molecule has 0 radical (unpaired) electrons. The highest BCUT2D eigenvalue weighted by atomic mass is 28.3. The molecule has 3 heteroatoms. The van der Waals surface area contributed by atoms with Crippen LogP contribution in [0, 0.1) is 0 Å². The number of para-hydroxylation sites is 2. The van der Waals surface area contributed by atoms with Crippen LogP contribution in [0.15, 0.2) is 180 Å². The SMILES string of the molecule is c1ccc([Si](c2ccccc2)(c2ccccc2)c2ccc3c(c2)c2ccccc2n3-c2ccc3oc4ccccc4c3c2)cc1. The molecule has 0 aliphatic carbocycles. The van der Waals surface area contributed by atoms with E-state index >= 15 is 0 Å². The van der Waals surface area contributed by atoms with Gasteiger partial charge in [-0.3, -0.25) is 0 Å². The van der Waals surface area contributed by atoms with Gasteiger partial charge in [0.1, 0.15) is 11.2 Å². The molecular formula is C42H29NOSi. The highest BCUT2D eigenvalue weighted by Gasteiger charge is 2.41. The molecule has 0 N–H and O–H groups in total. The molecule has 45 heavy (non-hydrogen) atoms. The van der Waals surface area contributed by atoms with E-state index in [0.717, 1.165) is 27.6 Å². The predicted molar refractivity (Wildman–Crippen MR) is 192 cm³/mol. The first kappa shape index (κ1) is 25.8. The molecule has 212 valence electrons. The van der Waals surface area contributed by atoms with Gasteiger partial charge in [0, 0.05) is 27.2 Å². The number of rotatable bonds is 5. The molecule has 2 heterocycles. The van der Waals surface area contributed by atoms with Crippen LogP contribution in [0.2, 0.25) is 0 Å². The first-order valence-corrected chi connectivity index (χ1v) is 17.4. The minimum atomic E-state index is -2.65. The zero-order valence-corrected chi connectivity index (χ0v) is 25.6. The molecule has 0 bridgehead atoms. The molecule has 9 rings (SSSR count). The molecule has 0 aliphatic rings. The van der Waals surface area contributed by atoms with E-state index in [9.17, 15) is 0 Å². The lowest BCUT2D eigenvalue weighted by molar-refractivity contribution is 0.669. The Bertz CT molecular complexity index is 2380. The van der Waals surface area contributed by atoms with Gasteiger partial charge in [-0.05, 0) is 57.1 Å². The van der Waals surface area contributed by atoms with Gasteiger partial charge in [-0.1, -0.05) is 140 Å². The quantitative estimate of drug-likeness (QED) is 0.146. The molecule has 9 aromatic rings. The molecule has 0 fully saturated rings. The molecule has 0 saturated heterocycles. The topological polar surface area (TPSA) is 18.1 Å². The standard InChI is InChI=1S/C42H29NOSi/c1-4-14-31(15-5-1)45(32-16-6-2-7-17-32,33-18-8-3-9-19-33)34-25-26-40-37(29-34)35-20-10-12-22-39(35)43(40)30-24-27-42-38(28-30)36-21-11-13-23-41(36)44-42/h1-29H. The number of hydrogen-bond donors (Lipinski definition) is 0. The maximum absolute atomic E-state index is 6.17. The van der Waals surface area contributed by atoms with Crippen LogP contribution in [-0.2, 0) is 0 Å². The minimum Gasteiger partial charge on any atom is -0.456 e. The summed E-state index contributed by atoms with van der Waals surface area (Å²) in [5.74, 6) is 0. The van der Waals surface area contributed by atoms with E-state index in [2.05, 4.69) is 168 Å². The van der Waals surface area contributed by atoms with Gasteiger partial charge in [0.2, 0.25) is 0 Å². The van der Waals surface area contributed by atoms with Crippen molar-refractivity contribution in [3.63, 3.8) is 0 Å². The second-order valence-electron chi connectivity index (χ2n) is 11.7. The fourth-order valence-corrected chi connectivity index (χ4v) is 12.2. The molecule has 7 aromatic carbocycles. The van der Waals surface area contributed by atoms with E-state index in [1.807, 2.05) is 12.1 Å². The summed E-state index contributed by atoms with van der Waals surface area (Å²) in [6.45, 7) is 0. The zero-order valence-electron chi connectivity index (χ0n) is 24.6. The molecule has 0 aliphatic heterocycles. The monoisotopic (exact) mass is 591 g/mol. The Kier molecular flexibility index (Phi) is 5.87. The van der Waals surface area contributed by atoms with Crippen LogP contribution in [0.1, 0.15) is 0 Å². The van der Waals surface area contributed by atoms with Crippen molar-refractivity contribution in [2.45, 2.75) is 0 Å². The maximum Gasteiger partial charge on any atom is 0.179 e. The van der Waals surface area contributed by atoms with Crippen molar-refractivity contribution in [1.82, 2.24) is 4.57 Å². The number of aromatic nitrogens is 1. The molecule has 2 nitrogen and oxygen atoms in total. The maximum atomic E-state index is 6.17. The van der Waals surface area contributed by atoms with Gasteiger partial charge in [0.05, 0.1) is 11.0 Å². The predicted octanol–water partition coefficient (Wildman–Crippen LogP) is 8.06. The van der Waals surface area contributed by atoms with Gasteiger partial charge in [-0.25, -0.2) is 0 Å². The smallest absolute Gasteiger partial charge is 0.179 e. The fraction of sp³-hybridized carbons (Fsp3) is 0. The van der Waals surface area contributed by atoms with Gasteiger partial charge in [0.25, 0.3) is 0 Å². The summed E-state index contributed by atoms with van der Waals surface area (Å²) in [5, 5.41) is 10.3. The highest BCUT2D eigenvalue weighted by molar-refractivity contribution is 7.20. The molecule has 0 saturated carbocycles. The second kappa shape index (κ2) is 10.2. The molecule has 0 atom stereocenters. The number of furan rings is 1. The number of fused-ring (bicyclic) bond motifs is 6. The summed E-state index contributed by atoms with van der Waals surface area (Å²) in [4.78, 5) is 0. The van der Waals surface area contributed by atoms with E-state index in [-0.39, 0.29) is 0 Å². The summed E-state index contributed by atoms with van der Waals surface area (Å²) < 4.78 is 8.58. The molecule has 0 unspecified atom stereocenters. The first-order valence-electron chi connectivity index (χ1n) is 15.4. The van der Waals surface area contributed by atoms with Crippen LogP contribution in [0.5, 0.6) is 0 Å². The number of nitrogens with zero attached hydrogens (tertiary/aromatic N) is 1. The van der Waals surface area contributed by atoms with E-state index in [4.69, 9.17) is 4.42 Å². The average molecular weight is 592 g/mol. The van der Waals surface area contributed by atoms with Crippen molar-refractivity contribution in [2.24, 2.45) is 0 Å². The summed E-state index contributed by atoms with van der Waals surface area (Å²) in [6.07, 6.45) is 0. The van der Waals surface area contributed by atoms with Gasteiger partial charge in [0.15, 0.2) is 8.07 Å². The number of benzene rings is 7. The summed E-state index contributed by atoms with van der Waals surface area (Å²) >= 11 is 0. The Morgan fingerprint density at radius 2 is 0.889 bits per heavy atom. The third-order valence-corrected chi connectivity index (χ3v) is 14.1. The lowest BCUT2D eigenvalue weighted by Crippen LogP contribution is -2.74. The summed E-state index contributed by atoms with van der Waals surface area (Å²) in [6, 6.07) is 64.3. The third-order valence-electron chi connectivity index (χ3n) is 9.34. The Morgan fingerprint density at radius 1 is 0.356 bits per heavy atom. The van der Waals surface area contributed by atoms with Crippen LogP contribution in [0.3, 0.4) is 0 Å². The minimum absolute atomic E-state index is 0.910. The Morgan fingerprint density at radius 3 is 1.56 bits per heavy atom. The van der Waals surface area contributed by atoms with E-state index in [1.54, 1.807) is 0 Å². The first-order chi connectivity index (χ1) is 22.3. The molecule has 0 amide bonds. The van der Waals surface area contributed by atoms with Crippen LogP contribution in [0.4, 0.5) is 0 Å². The Hall–Kier alpha value is -5.64. The van der Waals surface area contributed by atoms with Crippen molar-refractivity contribution >= 4 is 72.6 Å². The van der Waals surface area contributed by atoms with Crippen molar-refractivity contribution < 1.29 is 4.42 Å². The van der Waals surface area contributed by atoms with Crippen molar-refractivity contribution in [3.8, 4) is 5.69 Å². The van der Waals surface area contributed by atoms with E-state index < -0.39 is 8.07 Å². The summed E-state index contributed by atoms with van der Waals surface area (Å²) in [7, 11) is -2.65. The Labute approximate surface area is 262 Å². The van der Waals surface area contributed by atoms with Gasteiger partial charge < -0.3 is 8.98 Å². The van der Waals surface area contributed by atoms with Crippen LogP contribution < -0.4 is 20.7 Å². The van der Waals surface area contributed by atoms with Crippen molar-refractivity contribution in [1.29, 1.82) is 0 Å². The third kappa shape index (κ3) is 3.88. The molecule has 0 spiro atoms. The molecular weight excluding hydrogens is 563 g/mol. The van der Waals surface area contributed by atoms with Gasteiger partial charge >= 0.3 is 0 Å². The van der Waals surface area contributed by atoms with Crippen LogP contribution >= 0.6 is 0 Å². The zero-order chi connectivity index (χ0) is 29.8. The largest absolute Gasteiger partial charge is 0.456 e.